The van der Waals surface area contributed by atoms with Crippen LogP contribution in [0.2, 0.25) is 10.0 Å². The van der Waals surface area contributed by atoms with Crippen LogP contribution in [-0.2, 0) is 4.79 Å². The highest BCUT2D eigenvalue weighted by Crippen LogP contribution is 2.28. The second-order valence-electron chi connectivity index (χ2n) is 5.37. The molecule has 26 heavy (non-hydrogen) atoms. The van der Waals surface area contributed by atoms with Gasteiger partial charge in [-0.2, -0.15) is 0 Å². The molecule has 0 bridgehead atoms. The van der Waals surface area contributed by atoms with Gasteiger partial charge in [-0.3, -0.25) is 10.1 Å². The number of rotatable bonds is 5. The number of imide groups is 1. The van der Waals surface area contributed by atoms with Crippen molar-refractivity contribution in [3.63, 3.8) is 0 Å². The molecule has 0 radical (unpaired) electrons. The van der Waals surface area contributed by atoms with Crippen molar-refractivity contribution < 1.29 is 18.4 Å². The molecule has 0 saturated carbocycles. The summed E-state index contributed by atoms with van der Waals surface area (Å²) < 4.78 is 27.0. The van der Waals surface area contributed by atoms with Crippen LogP contribution in [-0.4, -0.2) is 18.5 Å². The first kappa shape index (κ1) is 20.1. The Morgan fingerprint density at radius 1 is 1.08 bits per heavy atom. The third kappa shape index (κ3) is 5.39. The zero-order valence-electron chi connectivity index (χ0n) is 13.6. The third-order valence-electron chi connectivity index (χ3n) is 3.45. The molecule has 0 aliphatic heterocycles. The average molecular weight is 402 g/mol. The van der Waals surface area contributed by atoms with E-state index < -0.39 is 29.6 Å². The van der Waals surface area contributed by atoms with Crippen molar-refractivity contribution in [1.29, 1.82) is 0 Å². The van der Waals surface area contributed by atoms with Crippen molar-refractivity contribution in [3.05, 3.63) is 63.6 Å². The lowest BCUT2D eigenvalue weighted by Crippen LogP contribution is -2.40. The molecular weight excluding hydrogens is 387 g/mol. The van der Waals surface area contributed by atoms with Crippen molar-refractivity contribution in [2.45, 2.75) is 13.0 Å². The second kappa shape index (κ2) is 8.93. The summed E-state index contributed by atoms with van der Waals surface area (Å²) in [5.41, 5.74) is 0.361. The van der Waals surface area contributed by atoms with Crippen molar-refractivity contribution in [1.82, 2.24) is 10.6 Å². The van der Waals surface area contributed by atoms with Crippen LogP contribution >= 0.6 is 23.2 Å². The number of hydrogen-bond donors (Lipinski definition) is 3. The Morgan fingerprint density at radius 3 is 2.46 bits per heavy atom. The number of halogens is 4. The fourth-order valence-corrected chi connectivity index (χ4v) is 2.66. The van der Waals surface area contributed by atoms with Gasteiger partial charge in [-0.25, -0.2) is 13.6 Å². The Labute approximate surface area is 158 Å². The van der Waals surface area contributed by atoms with Crippen LogP contribution < -0.4 is 16.0 Å². The Kier molecular flexibility index (Phi) is 6.90. The summed E-state index contributed by atoms with van der Waals surface area (Å²) in [5.74, 6) is -1.91. The van der Waals surface area contributed by atoms with Crippen molar-refractivity contribution in [2.75, 3.05) is 11.9 Å². The molecule has 0 saturated heterocycles. The van der Waals surface area contributed by atoms with Crippen LogP contribution in [0.5, 0.6) is 0 Å². The molecule has 3 amide bonds. The van der Waals surface area contributed by atoms with Crippen LogP contribution in [0.1, 0.15) is 18.5 Å². The predicted molar refractivity (Wildman–Crippen MR) is 96.4 cm³/mol. The molecule has 138 valence electrons. The van der Waals surface area contributed by atoms with Gasteiger partial charge in [0, 0.05) is 11.1 Å². The predicted octanol–water partition coefficient (Wildman–Crippen LogP) is 4.27. The van der Waals surface area contributed by atoms with Crippen LogP contribution in [0.3, 0.4) is 0 Å². The summed E-state index contributed by atoms with van der Waals surface area (Å²) in [7, 11) is 0. The van der Waals surface area contributed by atoms with Gasteiger partial charge in [0.1, 0.15) is 11.6 Å². The molecule has 3 N–H and O–H groups in total. The van der Waals surface area contributed by atoms with Gasteiger partial charge < -0.3 is 10.6 Å². The number of benzene rings is 2. The third-order valence-corrected chi connectivity index (χ3v) is 4.07. The van der Waals surface area contributed by atoms with Gasteiger partial charge in [0.25, 0.3) is 0 Å². The van der Waals surface area contributed by atoms with Gasteiger partial charge in [0.15, 0.2) is 0 Å². The van der Waals surface area contributed by atoms with E-state index in [9.17, 15) is 18.4 Å². The summed E-state index contributed by atoms with van der Waals surface area (Å²) >= 11 is 11.6. The Balaban J connectivity index is 1.87. The number of carbonyl (C=O) groups is 2. The minimum atomic E-state index is -0.870. The van der Waals surface area contributed by atoms with Gasteiger partial charge in [0.2, 0.25) is 5.91 Å². The average Bonchev–Trinajstić information content (AvgIpc) is 2.58. The zero-order valence-corrected chi connectivity index (χ0v) is 15.1. The molecule has 5 nitrogen and oxygen atoms in total. The van der Waals surface area contributed by atoms with Gasteiger partial charge >= 0.3 is 6.03 Å². The Hall–Kier alpha value is -2.22. The van der Waals surface area contributed by atoms with E-state index in [4.69, 9.17) is 23.2 Å². The molecule has 1 atom stereocenters. The first-order valence-corrected chi connectivity index (χ1v) is 8.26. The molecule has 0 aliphatic carbocycles. The van der Waals surface area contributed by atoms with E-state index >= 15 is 0 Å². The van der Waals surface area contributed by atoms with Crippen LogP contribution in [0.15, 0.2) is 36.4 Å². The maximum Gasteiger partial charge on any atom is 0.326 e. The first-order chi connectivity index (χ1) is 12.3. The quantitative estimate of drug-likeness (QED) is 0.655. The second-order valence-corrected chi connectivity index (χ2v) is 6.19. The van der Waals surface area contributed by atoms with E-state index in [0.29, 0.717) is 5.56 Å². The molecule has 0 fully saturated rings. The molecule has 9 heteroatoms. The number of carbonyl (C=O) groups excluding carboxylic acids is 2. The van der Waals surface area contributed by atoms with Gasteiger partial charge in [0.05, 0.1) is 17.3 Å². The fourth-order valence-electron chi connectivity index (χ4n) is 2.11. The summed E-state index contributed by atoms with van der Waals surface area (Å²) in [6.45, 7) is 1.42. The SMILES string of the molecule is C[C@@H](NCC(=O)NC(=O)Nc1ccccc1F)c1cc(F)c(Cl)cc1Cl. The molecule has 0 aromatic heterocycles. The fraction of sp³-hybridized carbons (Fsp3) is 0.176. The van der Waals surface area contributed by atoms with E-state index in [1.807, 2.05) is 0 Å². The zero-order chi connectivity index (χ0) is 19.3. The van der Waals surface area contributed by atoms with E-state index in [-0.39, 0.29) is 22.3 Å². The highest BCUT2D eigenvalue weighted by Gasteiger charge is 2.15. The smallest absolute Gasteiger partial charge is 0.305 e. The number of amides is 3. The molecule has 0 unspecified atom stereocenters. The topological polar surface area (TPSA) is 70.2 Å². The number of hydrogen-bond acceptors (Lipinski definition) is 3. The normalized spacial score (nSPS) is 11.7. The maximum absolute atomic E-state index is 13.5. The van der Waals surface area contributed by atoms with Gasteiger partial charge in [-0.1, -0.05) is 35.3 Å². The van der Waals surface area contributed by atoms with Crippen LogP contribution in [0.25, 0.3) is 0 Å². The number of nitrogens with one attached hydrogen (secondary N) is 3. The minimum Gasteiger partial charge on any atom is -0.305 e. The molecule has 2 aromatic carbocycles. The molecule has 2 aromatic rings. The maximum atomic E-state index is 13.5. The molecule has 2 rings (SSSR count). The minimum absolute atomic E-state index is 0.0532. The molecule has 0 spiro atoms. The largest absolute Gasteiger partial charge is 0.326 e. The van der Waals surface area contributed by atoms with Gasteiger partial charge in [-0.15, -0.1) is 0 Å². The van der Waals surface area contributed by atoms with E-state index in [1.54, 1.807) is 13.0 Å². The highest BCUT2D eigenvalue weighted by molar-refractivity contribution is 6.35. The lowest BCUT2D eigenvalue weighted by Gasteiger charge is -2.16. The Morgan fingerprint density at radius 2 is 1.77 bits per heavy atom. The standard InChI is InChI=1S/C17H15Cl2F2N3O2/c1-9(10-6-14(21)12(19)7-11(10)18)22-8-16(25)24-17(26)23-15-5-3-2-4-13(15)20/h2-7,9,22H,8H2,1H3,(H2,23,24,25,26)/t9-/m1/s1. The summed E-state index contributed by atoms with van der Waals surface area (Å²) in [4.78, 5) is 23.5. The molecule has 0 aliphatic rings. The van der Waals surface area contributed by atoms with Crippen molar-refractivity contribution in [2.24, 2.45) is 0 Å². The number of anilines is 1. The number of urea groups is 1. The number of para-hydroxylation sites is 1. The first-order valence-electron chi connectivity index (χ1n) is 7.51. The van der Waals surface area contributed by atoms with Crippen molar-refractivity contribution in [3.8, 4) is 0 Å². The van der Waals surface area contributed by atoms with Crippen LogP contribution in [0, 0.1) is 11.6 Å². The summed E-state index contributed by atoms with van der Waals surface area (Å²) in [5, 5.41) is 7.22. The monoisotopic (exact) mass is 401 g/mol. The van der Waals surface area contributed by atoms with E-state index in [1.165, 1.54) is 30.3 Å². The lowest BCUT2D eigenvalue weighted by atomic mass is 10.1. The van der Waals surface area contributed by atoms with Gasteiger partial charge in [-0.05, 0) is 36.8 Å². The molecule has 0 heterocycles. The lowest BCUT2D eigenvalue weighted by molar-refractivity contribution is -0.119. The Bertz CT molecular complexity index is 834. The van der Waals surface area contributed by atoms with Crippen molar-refractivity contribution >= 4 is 40.8 Å². The van der Waals surface area contributed by atoms with E-state index in [2.05, 4.69) is 16.0 Å². The molecular formula is C17H15Cl2F2N3O2. The highest BCUT2D eigenvalue weighted by atomic mass is 35.5. The summed E-state index contributed by atoms with van der Waals surface area (Å²) in [6, 6.07) is 6.64. The summed E-state index contributed by atoms with van der Waals surface area (Å²) in [6.07, 6.45) is 0. The van der Waals surface area contributed by atoms with E-state index in [0.717, 1.165) is 0 Å². The van der Waals surface area contributed by atoms with Crippen LogP contribution in [0.4, 0.5) is 19.3 Å².